The second-order valence-electron chi connectivity index (χ2n) is 5.14. The molecule has 0 aromatic carbocycles. The van der Waals surface area contributed by atoms with E-state index in [1.165, 1.54) is 0 Å². The SMILES string of the molecule is Cc1cc(OC(C)C)nc(NC(C(=O)O)C2CC2)n1. The Labute approximate surface area is 112 Å². The van der Waals surface area contributed by atoms with E-state index in [1.54, 1.807) is 6.07 Å². The Balaban J connectivity index is 2.14. The average molecular weight is 265 g/mol. The Hall–Kier alpha value is -1.85. The average Bonchev–Trinajstić information content (AvgIpc) is 3.07. The summed E-state index contributed by atoms with van der Waals surface area (Å²) in [4.78, 5) is 19.6. The number of ether oxygens (including phenoxy) is 1. The molecule has 0 saturated heterocycles. The molecular weight excluding hydrogens is 246 g/mol. The number of carboxylic acid groups (broad SMARTS) is 1. The molecule has 1 atom stereocenters. The van der Waals surface area contributed by atoms with Crippen molar-refractivity contribution < 1.29 is 14.6 Å². The Kier molecular flexibility index (Phi) is 3.87. The minimum Gasteiger partial charge on any atom is -0.480 e. The van der Waals surface area contributed by atoms with Crippen molar-refractivity contribution in [2.75, 3.05) is 5.32 Å². The summed E-state index contributed by atoms with van der Waals surface area (Å²) in [7, 11) is 0. The molecule has 6 heteroatoms. The number of aliphatic carboxylic acids is 1. The van der Waals surface area contributed by atoms with Gasteiger partial charge in [0.25, 0.3) is 0 Å². The maximum absolute atomic E-state index is 11.2. The van der Waals surface area contributed by atoms with E-state index in [2.05, 4.69) is 15.3 Å². The maximum atomic E-state index is 11.2. The Bertz CT molecular complexity index is 472. The highest BCUT2D eigenvalue weighted by atomic mass is 16.5. The van der Waals surface area contributed by atoms with Gasteiger partial charge in [-0.2, -0.15) is 4.98 Å². The molecule has 0 bridgehead atoms. The number of rotatable bonds is 6. The fourth-order valence-corrected chi connectivity index (χ4v) is 1.86. The molecule has 2 N–H and O–H groups in total. The van der Waals surface area contributed by atoms with Crippen LogP contribution < -0.4 is 10.1 Å². The lowest BCUT2D eigenvalue weighted by atomic mass is 10.2. The first kappa shape index (κ1) is 13.6. The molecule has 1 aromatic rings. The third kappa shape index (κ3) is 3.81. The van der Waals surface area contributed by atoms with Crippen LogP contribution in [0.5, 0.6) is 5.88 Å². The summed E-state index contributed by atoms with van der Waals surface area (Å²) in [5.74, 6) is 0.0925. The second kappa shape index (κ2) is 5.42. The van der Waals surface area contributed by atoms with E-state index in [9.17, 15) is 9.90 Å². The van der Waals surface area contributed by atoms with Gasteiger partial charge in [0, 0.05) is 11.8 Å². The Morgan fingerprint density at radius 2 is 2.16 bits per heavy atom. The highest BCUT2D eigenvalue weighted by molar-refractivity contribution is 5.77. The second-order valence-corrected chi connectivity index (χ2v) is 5.14. The van der Waals surface area contributed by atoms with Crippen LogP contribution in [-0.4, -0.2) is 33.2 Å². The van der Waals surface area contributed by atoms with E-state index in [4.69, 9.17) is 4.74 Å². The van der Waals surface area contributed by atoms with E-state index in [-0.39, 0.29) is 12.0 Å². The van der Waals surface area contributed by atoms with Gasteiger partial charge in [-0.05, 0) is 39.5 Å². The number of aryl methyl sites for hydroxylation is 1. The molecule has 19 heavy (non-hydrogen) atoms. The number of anilines is 1. The molecule has 0 amide bonds. The summed E-state index contributed by atoms with van der Waals surface area (Å²) < 4.78 is 5.52. The van der Waals surface area contributed by atoms with Crippen molar-refractivity contribution in [3.05, 3.63) is 11.8 Å². The zero-order chi connectivity index (χ0) is 14.0. The van der Waals surface area contributed by atoms with Crippen molar-refractivity contribution in [3.8, 4) is 5.88 Å². The van der Waals surface area contributed by atoms with Gasteiger partial charge in [0.05, 0.1) is 6.10 Å². The monoisotopic (exact) mass is 265 g/mol. The molecule has 1 aromatic heterocycles. The van der Waals surface area contributed by atoms with E-state index in [1.807, 2.05) is 20.8 Å². The predicted molar refractivity (Wildman–Crippen MR) is 70.3 cm³/mol. The van der Waals surface area contributed by atoms with Crippen molar-refractivity contribution in [1.82, 2.24) is 9.97 Å². The van der Waals surface area contributed by atoms with Gasteiger partial charge in [-0.25, -0.2) is 9.78 Å². The number of hydrogen-bond donors (Lipinski definition) is 2. The fraction of sp³-hybridized carbons (Fsp3) is 0.615. The summed E-state index contributed by atoms with van der Waals surface area (Å²) in [6.45, 7) is 5.65. The number of nitrogens with one attached hydrogen (secondary N) is 1. The quantitative estimate of drug-likeness (QED) is 0.816. The highest BCUT2D eigenvalue weighted by Gasteiger charge is 2.36. The number of carboxylic acids is 1. The molecule has 6 nitrogen and oxygen atoms in total. The van der Waals surface area contributed by atoms with Crippen molar-refractivity contribution in [1.29, 1.82) is 0 Å². The van der Waals surface area contributed by atoms with Crippen LogP contribution in [0.25, 0.3) is 0 Å². The van der Waals surface area contributed by atoms with Gasteiger partial charge >= 0.3 is 5.97 Å². The molecule has 1 unspecified atom stereocenters. The van der Waals surface area contributed by atoms with Crippen LogP contribution in [0.4, 0.5) is 5.95 Å². The van der Waals surface area contributed by atoms with Crippen LogP contribution in [0.15, 0.2) is 6.07 Å². The Morgan fingerprint density at radius 3 is 2.68 bits per heavy atom. The highest BCUT2D eigenvalue weighted by Crippen LogP contribution is 2.34. The fourth-order valence-electron chi connectivity index (χ4n) is 1.86. The van der Waals surface area contributed by atoms with Crippen molar-refractivity contribution in [2.24, 2.45) is 5.92 Å². The maximum Gasteiger partial charge on any atom is 0.326 e. The Morgan fingerprint density at radius 1 is 1.47 bits per heavy atom. The molecule has 1 fully saturated rings. The summed E-state index contributed by atoms with van der Waals surface area (Å²) in [6, 6.07) is 1.12. The summed E-state index contributed by atoms with van der Waals surface area (Å²) in [5.41, 5.74) is 0.744. The van der Waals surface area contributed by atoms with Crippen molar-refractivity contribution in [3.63, 3.8) is 0 Å². The normalized spacial score (nSPS) is 16.2. The number of carbonyl (C=O) groups is 1. The largest absolute Gasteiger partial charge is 0.480 e. The lowest BCUT2D eigenvalue weighted by Crippen LogP contribution is -2.32. The molecule has 1 aliphatic carbocycles. The minimum absolute atomic E-state index is 0.0147. The topological polar surface area (TPSA) is 84.3 Å². The minimum atomic E-state index is -0.862. The lowest BCUT2D eigenvalue weighted by Gasteiger charge is -2.15. The molecule has 0 spiro atoms. The smallest absolute Gasteiger partial charge is 0.326 e. The zero-order valence-corrected chi connectivity index (χ0v) is 11.4. The zero-order valence-electron chi connectivity index (χ0n) is 11.4. The van der Waals surface area contributed by atoms with Crippen LogP contribution in [0.2, 0.25) is 0 Å². The van der Waals surface area contributed by atoms with Crippen LogP contribution in [0.1, 0.15) is 32.4 Å². The summed E-state index contributed by atoms with van der Waals surface area (Å²) in [5, 5.41) is 12.1. The van der Waals surface area contributed by atoms with Gasteiger partial charge in [-0.1, -0.05) is 0 Å². The lowest BCUT2D eigenvalue weighted by molar-refractivity contribution is -0.138. The van der Waals surface area contributed by atoms with Gasteiger partial charge in [0.15, 0.2) is 0 Å². The van der Waals surface area contributed by atoms with E-state index in [0.717, 1.165) is 18.5 Å². The summed E-state index contributed by atoms with van der Waals surface area (Å²) in [6.07, 6.45) is 1.89. The number of nitrogens with zero attached hydrogens (tertiary/aromatic N) is 2. The third-order valence-corrected chi connectivity index (χ3v) is 2.83. The number of aromatic nitrogens is 2. The van der Waals surface area contributed by atoms with Crippen molar-refractivity contribution >= 4 is 11.9 Å². The predicted octanol–water partition coefficient (Wildman–Crippen LogP) is 1.85. The molecule has 0 aliphatic heterocycles. The molecule has 2 rings (SSSR count). The van der Waals surface area contributed by atoms with E-state index in [0.29, 0.717) is 11.8 Å². The van der Waals surface area contributed by atoms with Crippen molar-refractivity contribution in [2.45, 2.75) is 45.8 Å². The molecule has 1 aliphatic rings. The van der Waals surface area contributed by atoms with Gasteiger partial charge < -0.3 is 15.2 Å². The molecule has 0 radical (unpaired) electrons. The van der Waals surface area contributed by atoms with Crippen LogP contribution in [0, 0.1) is 12.8 Å². The molecule has 1 heterocycles. The van der Waals surface area contributed by atoms with Gasteiger partial charge in [0.2, 0.25) is 11.8 Å². The van der Waals surface area contributed by atoms with Gasteiger partial charge in [0.1, 0.15) is 6.04 Å². The first-order valence-electron chi connectivity index (χ1n) is 6.47. The molecule has 1 saturated carbocycles. The molecular formula is C13H19N3O3. The van der Waals surface area contributed by atoms with Crippen LogP contribution in [0.3, 0.4) is 0 Å². The number of hydrogen-bond acceptors (Lipinski definition) is 5. The molecule has 104 valence electrons. The standard InChI is InChI=1S/C13H19N3O3/c1-7(2)19-10-6-8(3)14-13(15-10)16-11(12(17)18)9-4-5-9/h6-7,9,11H,4-5H2,1-3H3,(H,17,18)(H,14,15,16). The summed E-state index contributed by atoms with van der Waals surface area (Å²) >= 11 is 0. The van der Waals surface area contributed by atoms with Crippen LogP contribution >= 0.6 is 0 Å². The van der Waals surface area contributed by atoms with Crippen LogP contribution in [-0.2, 0) is 4.79 Å². The van der Waals surface area contributed by atoms with Gasteiger partial charge in [-0.15, -0.1) is 0 Å². The van der Waals surface area contributed by atoms with E-state index < -0.39 is 12.0 Å². The first-order chi connectivity index (χ1) is 8.95. The third-order valence-electron chi connectivity index (χ3n) is 2.83. The first-order valence-corrected chi connectivity index (χ1v) is 6.47. The van der Waals surface area contributed by atoms with Gasteiger partial charge in [-0.3, -0.25) is 0 Å². The van der Waals surface area contributed by atoms with E-state index >= 15 is 0 Å².